The van der Waals surface area contributed by atoms with Gasteiger partial charge >= 0.3 is 0 Å². The summed E-state index contributed by atoms with van der Waals surface area (Å²) in [6.45, 7) is 14.8. The van der Waals surface area contributed by atoms with Crippen molar-refractivity contribution in [1.29, 1.82) is 0 Å². The molecule has 1 aromatic heterocycles. The number of nitrogens with one attached hydrogen (secondary N) is 1. The molecule has 2 heterocycles. The van der Waals surface area contributed by atoms with E-state index in [0.29, 0.717) is 24.2 Å². The lowest BCUT2D eigenvalue weighted by molar-refractivity contribution is -0.0184. The van der Waals surface area contributed by atoms with Gasteiger partial charge in [-0.3, -0.25) is 9.58 Å². The summed E-state index contributed by atoms with van der Waals surface area (Å²) in [5.74, 6) is 0. The first-order valence-corrected chi connectivity index (χ1v) is 8.10. The van der Waals surface area contributed by atoms with Gasteiger partial charge in [-0.15, -0.1) is 0 Å². The Morgan fingerprint density at radius 2 is 2.14 bits per heavy atom. The van der Waals surface area contributed by atoms with Crippen molar-refractivity contribution in [3.8, 4) is 0 Å². The zero-order chi connectivity index (χ0) is 15.4. The molecule has 0 saturated carbocycles. The van der Waals surface area contributed by atoms with Crippen LogP contribution < -0.4 is 5.32 Å². The van der Waals surface area contributed by atoms with Gasteiger partial charge in [-0.2, -0.15) is 5.10 Å². The van der Waals surface area contributed by atoms with Crippen LogP contribution in [0.4, 0.5) is 0 Å². The fourth-order valence-corrected chi connectivity index (χ4v) is 2.84. The largest absolute Gasteiger partial charge is 0.379 e. The highest BCUT2D eigenvalue weighted by molar-refractivity contribution is 5.09. The third-order valence-corrected chi connectivity index (χ3v) is 4.36. The molecule has 0 amide bonds. The molecule has 1 saturated heterocycles. The summed E-state index contributed by atoms with van der Waals surface area (Å²) >= 11 is 0. The summed E-state index contributed by atoms with van der Waals surface area (Å²) in [6.07, 6.45) is 4.12. The molecule has 0 radical (unpaired) electrons. The van der Waals surface area contributed by atoms with Crippen molar-refractivity contribution in [2.75, 3.05) is 26.3 Å². The molecular weight excluding hydrogens is 264 g/mol. The zero-order valence-electron chi connectivity index (χ0n) is 14.0. The molecule has 1 fully saturated rings. The van der Waals surface area contributed by atoms with E-state index in [2.05, 4.69) is 56.1 Å². The van der Waals surface area contributed by atoms with Crippen LogP contribution in [0.2, 0.25) is 0 Å². The second-order valence-electron chi connectivity index (χ2n) is 6.49. The van der Waals surface area contributed by atoms with Gasteiger partial charge in [-0.1, -0.05) is 0 Å². The Bertz CT molecular complexity index is 432. The van der Waals surface area contributed by atoms with E-state index in [1.165, 1.54) is 5.56 Å². The van der Waals surface area contributed by atoms with Crippen LogP contribution in [0.5, 0.6) is 0 Å². The second-order valence-corrected chi connectivity index (χ2v) is 6.49. The molecule has 0 aliphatic carbocycles. The van der Waals surface area contributed by atoms with Crippen LogP contribution in [0.1, 0.15) is 52.3 Å². The lowest BCUT2D eigenvalue weighted by Gasteiger charge is -2.38. The minimum absolute atomic E-state index is 0.330. The Hall–Kier alpha value is -0.910. The molecule has 0 bridgehead atoms. The molecule has 21 heavy (non-hydrogen) atoms. The summed E-state index contributed by atoms with van der Waals surface area (Å²) in [7, 11) is 0. The Morgan fingerprint density at radius 3 is 2.76 bits per heavy atom. The Labute approximate surface area is 128 Å². The third kappa shape index (κ3) is 4.28. The van der Waals surface area contributed by atoms with E-state index in [1.807, 2.05) is 10.9 Å². The Morgan fingerprint density at radius 1 is 1.38 bits per heavy atom. The van der Waals surface area contributed by atoms with Gasteiger partial charge in [0.15, 0.2) is 0 Å². The van der Waals surface area contributed by atoms with Crippen LogP contribution in [-0.4, -0.2) is 53.1 Å². The standard InChI is InChI=1S/C16H30N4O/c1-12(2)20-10-16(9-18-20)15(5)17-8-13(3)19-6-7-21-11-14(19)4/h9-10,12-15,17H,6-8,11H2,1-5H3/t13-,14+,15-/m0/s1. The van der Waals surface area contributed by atoms with Gasteiger partial charge in [0.1, 0.15) is 0 Å². The van der Waals surface area contributed by atoms with Gasteiger partial charge in [0.05, 0.1) is 19.4 Å². The summed E-state index contributed by atoms with van der Waals surface area (Å²) < 4.78 is 7.52. The molecule has 1 N–H and O–H groups in total. The normalized spacial score (nSPS) is 23.4. The van der Waals surface area contributed by atoms with Crippen LogP contribution in [0.3, 0.4) is 0 Å². The van der Waals surface area contributed by atoms with E-state index in [4.69, 9.17) is 4.74 Å². The quantitative estimate of drug-likeness (QED) is 0.873. The van der Waals surface area contributed by atoms with Gasteiger partial charge in [0, 0.05) is 49.0 Å². The highest BCUT2D eigenvalue weighted by Gasteiger charge is 2.23. The van der Waals surface area contributed by atoms with Gasteiger partial charge in [0.25, 0.3) is 0 Å². The monoisotopic (exact) mass is 294 g/mol. The molecule has 2 rings (SSSR count). The number of rotatable bonds is 6. The van der Waals surface area contributed by atoms with E-state index in [-0.39, 0.29) is 0 Å². The van der Waals surface area contributed by atoms with Gasteiger partial charge in [0.2, 0.25) is 0 Å². The molecule has 0 spiro atoms. The highest BCUT2D eigenvalue weighted by atomic mass is 16.5. The highest BCUT2D eigenvalue weighted by Crippen LogP contribution is 2.15. The molecule has 1 aliphatic rings. The summed E-state index contributed by atoms with van der Waals surface area (Å²) in [5, 5.41) is 8.05. The van der Waals surface area contributed by atoms with Gasteiger partial charge in [-0.05, 0) is 34.6 Å². The average Bonchev–Trinajstić information content (AvgIpc) is 2.95. The fourth-order valence-electron chi connectivity index (χ4n) is 2.84. The van der Waals surface area contributed by atoms with Crippen molar-refractivity contribution in [3.05, 3.63) is 18.0 Å². The lowest BCUT2D eigenvalue weighted by atomic mass is 10.1. The van der Waals surface area contributed by atoms with Crippen LogP contribution >= 0.6 is 0 Å². The molecule has 1 aromatic rings. The predicted molar refractivity (Wildman–Crippen MR) is 85.5 cm³/mol. The number of hydrogen-bond donors (Lipinski definition) is 1. The van der Waals surface area contributed by atoms with E-state index in [0.717, 1.165) is 26.3 Å². The van der Waals surface area contributed by atoms with Gasteiger partial charge < -0.3 is 10.1 Å². The first-order valence-electron chi connectivity index (χ1n) is 8.10. The number of ether oxygens (including phenoxy) is 1. The van der Waals surface area contributed by atoms with Crippen LogP contribution in [0.25, 0.3) is 0 Å². The van der Waals surface area contributed by atoms with E-state index in [9.17, 15) is 0 Å². The summed E-state index contributed by atoms with van der Waals surface area (Å²) in [4.78, 5) is 2.53. The maximum atomic E-state index is 5.51. The predicted octanol–water partition coefficient (Wildman–Crippen LogP) is 2.22. The van der Waals surface area contributed by atoms with Crippen LogP contribution in [0, 0.1) is 0 Å². The average molecular weight is 294 g/mol. The SMILES string of the molecule is CC(C)n1cc([C@H](C)NC[C@H](C)N2CCOC[C@H]2C)cn1. The third-order valence-electron chi connectivity index (χ3n) is 4.36. The van der Waals surface area contributed by atoms with Crippen LogP contribution in [-0.2, 0) is 4.74 Å². The summed E-state index contributed by atoms with van der Waals surface area (Å²) in [6, 6.07) is 1.77. The molecule has 5 nitrogen and oxygen atoms in total. The molecule has 5 heteroatoms. The maximum absolute atomic E-state index is 5.51. The number of morpholine rings is 1. The molecule has 1 aliphatic heterocycles. The molecule has 0 aromatic carbocycles. The Kier molecular flexibility index (Phi) is 5.79. The lowest BCUT2D eigenvalue weighted by Crippen LogP contribution is -2.51. The van der Waals surface area contributed by atoms with Crippen molar-refractivity contribution in [1.82, 2.24) is 20.0 Å². The molecule has 120 valence electrons. The van der Waals surface area contributed by atoms with Gasteiger partial charge in [-0.25, -0.2) is 0 Å². The van der Waals surface area contributed by atoms with Crippen molar-refractivity contribution in [2.24, 2.45) is 0 Å². The molecule has 3 atom stereocenters. The molecule has 0 unspecified atom stereocenters. The zero-order valence-corrected chi connectivity index (χ0v) is 14.0. The van der Waals surface area contributed by atoms with Crippen molar-refractivity contribution in [3.63, 3.8) is 0 Å². The van der Waals surface area contributed by atoms with Crippen LogP contribution in [0.15, 0.2) is 12.4 Å². The van der Waals surface area contributed by atoms with E-state index in [1.54, 1.807) is 0 Å². The molecular formula is C16H30N4O. The smallest absolute Gasteiger partial charge is 0.0619 e. The van der Waals surface area contributed by atoms with Crippen molar-refractivity contribution >= 4 is 0 Å². The Balaban J connectivity index is 1.83. The number of hydrogen-bond acceptors (Lipinski definition) is 4. The van der Waals surface area contributed by atoms with Crippen molar-refractivity contribution < 1.29 is 4.74 Å². The minimum atomic E-state index is 0.330. The number of aromatic nitrogens is 2. The first-order chi connectivity index (χ1) is 9.99. The number of nitrogens with zero attached hydrogens (tertiary/aromatic N) is 3. The van der Waals surface area contributed by atoms with Crippen molar-refractivity contribution in [2.45, 2.75) is 58.8 Å². The maximum Gasteiger partial charge on any atom is 0.0619 e. The second kappa shape index (κ2) is 7.38. The summed E-state index contributed by atoms with van der Waals surface area (Å²) in [5.41, 5.74) is 1.26. The first kappa shape index (κ1) is 16.5. The minimum Gasteiger partial charge on any atom is -0.379 e. The van der Waals surface area contributed by atoms with E-state index < -0.39 is 0 Å². The topological polar surface area (TPSA) is 42.3 Å². The van der Waals surface area contributed by atoms with E-state index >= 15 is 0 Å². The fraction of sp³-hybridized carbons (Fsp3) is 0.812.